The lowest BCUT2D eigenvalue weighted by atomic mass is 9.98. The second-order valence-electron chi connectivity index (χ2n) is 3.17. The van der Waals surface area contributed by atoms with Gasteiger partial charge in [-0.1, -0.05) is 22.4 Å². The molecule has 0 aromatic rings. The van der Waals surface area contributed by atoms with Crippen LogP contribution >= 0.6 is 15.9 Å². The number of hydrogen-bond acceptors (Lipinski definition) is 1. The van der Waals surface area contributed by atoms with E-state index in [4.69, 9.17) is 0 Å². The molecular weight excluding hydrogens is 190 g/mol. The SMILES string of the molecule is CC1CCCC(CCBr)N1. The van der Waals surface area contributed by atoms with Crippen molar-refractivity contribution < 1.29 is 0 Å². The molecule has 1 aliphatic rings. The highest BCUT2D eigenvalue weighted by Crippen LogP contribution is 2.14. The van der Waals surface area contributed by atoms with E-state index in [9.17, 15) is 0 Å². The Morgan fingerprint density at radius 1 is 1.50 bits per heavy atom. The van der Waals surface area contributed by atoms with E-state index in [1.165, 1.54) is 25.7 Å². The topological polar surface area (TPSA) is 12.0 Å². The van der Waals surface area contributed by atoms with Gasteiger partial charge in [-0.15, -0.1) is 0 Å². The van der Waals surface area contributed by atoms with Crippen molar-refractivity contribution in [2.45, 2.75) is 44.7 Å². The molecular formula is C8H16BrN. The van der Waals surface area contributed by atoms with Gasteiger partial charge in [-0.3, -0.25) is 0 Å². The molecule has 0 spiro atoms. The van der Waals surface area contributed by atoms with Crippen LogP contribution in [0.15, 0.2) is 0 Å². The minimum absolute atomic E-state index is 0.748. The largest absolute Gasteiger partial charge is 0.311 e. The first-order chi connectivity index (χ1) is 4.83. The summed E-state index contributed by atoms with van der Waals surface area (Å²) in [5.41, 5.74) is 0. The summed E-state index contributed by atoms with van der Waals surface area (Å²) in [6.45, 7) is 2.28. The Bertz CT molecular complexity index is 93.3. The summed E-state index contributed by atoms with van der Waals surface area (Å²) in [5, 5.41) is 4.72. The lowest BCUT2D eigenvalue weighted by Gasteiger charge is -2.28. The van der Waals surface area contributed by atoms with Gasteiger partial charge >= 0.3 is 0 Å². The summed E-state index contributed by atoms with van der Waals surface area (Å²) >= 11 is 3.46. The normalized spacial score (nSPS) is 34.2. The quantitative estimate of drug-likeness (QED) is 0.683. The van der Waals surface area contributed by atoms with Gasteiger partial charge < -0.3 is 5.32 Å². The molecule has 2 heteroatoms. The maximum atomic E-state index is 3.59. The van der Waals surface area contributed by atoms with Crippen LogP contribution < -0.4 is 5.32 Å². The van der Waals surface area contributed by atoms with Gasteiger partial charge in [0.25, 0.3) is 0 Å². The number of rotatable bonds is 2. The van der Waals surface area contributed by atoms with E-state index >= 15 is 0 Å². The maximum Gasteiger partial charge on any atom is 0.00775 e. The van der Waals surface area contributed by atoms with E-state index in [0.29, 0.717) is 0 Å². The molecule has 0 aliphatic carbocycles. The first kappa shape index (κ1) is 8.54. The zero-order chi connectivity index (χ0) is 7.40. The smallest absolute Gasteiger partial charge is 0.00775 e. The highest BCUT2D eigenvalue weighted by atomic mass is 79.9. The Kier molecular flexibility index (Phi) is 3.71. The third-order valence-corrected chi connectivity index (χ3v) is 2.63. The fourth-order valence-electron chi connectivity index (χ4n) is 1.60. The van der Waals surface area contributed by atoms with E-state index < -0.39 is 0 Å². The highest BCUT2D eigenvalue weighted by Gasteiger charge is 2.16. The van der Waals surface area contributed by atoms with Crippen LogP contribution in [0.25, 0.3) is 0 Å². The van der Waals surface area contributed by atoms with E-state index in [-0.39, 0.29) is 0 Å². The van der Waals surface area contributed by atoms with Crippen LogP contribution in [0.1, 0.15) is 32.6 Å². The molecule has 1 aliphatic heterocycles. The van der Waals surface area contributed by atoms with Crippen LogP contribution in [0.3, 0.4) is 0 Å². The van der Waals surface area contributed by atoms with Crippen molar-refractivity contribution in [1.82, 2.24) is 5.32 Å². The van der Waals surface area contributed by atoms with Crippen LogP contribution in [0, 0.1) is 0 Å². The van der Waals surface area contributed by atoms with Gasteiger partial charge in [0, 0.05) is 17.4 Å². The average molecular weight is 206 g/mol. The number of piperidine rings is 1. The Balaban J connectivity index is 2.18. The van der Waals surface area contributed by atoms with Crippen molar-refractivity contribution in [3.8, 4) is 0 Å². The standard InChI is InChI=1S/C8H16BrN/c1-7-3-2-4-8(10-7)5-6-9/h7-8,10H,2-6H2,1H3. The van der Waals surface area contributed by atoms with Gasteiger partial charge in [0.15, 0.2) is 0 Å². The van der Waals surface area contributed by atoms with Gasteiger partial charge in [-0.05, 0) is 26.2 Å². The number of alkyl halides is 1. The molecule has 0 aromatic heterocycles. The molecule has 1 heterocycles. The van der Waals surface area contributed by atoms with Gasteiger partial charge in [-0.2, -0.15) is 0 Å². The van der Waals surface area contributed by atoms with E-state index in [1.54, 1.807) is 0 Å². The molecule has 60 valence electrons. The van der Waals surface area contributed by atoms with Crippen LogP contribution in [-0.4, -0.2) is 17.4 Å². The summed E-state index contributed by atoms with van der Waals surface area (Å²) in [6, 6.07) is 1.53. The molecule has 1 nitrogen and oxygen atoms in total. The van der Waals surface area contributed by atoms with Crippen molar-refractivity contribution in [3.05, 3.63) is 0 Å². The zero-order valence-electron chi connectivity index (χ0n) is 6.57. The number of nitrogens with one attached hydrogen (secondary N) is 1. The fraction of sp³-hybridized carbons (Fsp3) is 1.00. The summed E-state index contributed by atoms with van der Waals surface area (Å²) in [7, 11) is 0. The van der Waals surface area contributed by atoms with Crippen LogP contribution in [0.4, 0.5) is 0 Å². The zero-order valence-corrected chi connectivity index (χ0v) is 8.15. The van der Waals surface area contributed by atoms with E-state index in [2.05, 4.69) is 28.2 Å². The van der Waals surface area contributed by atoms with Gasteiger partial charge in [0.05, 0.1) is 0 Å². The third kappa shape index (κ3) is 2.59. The minimum atomic E-state index is 0.748. The third-order valence-electron chi connectivity index (χ3n) is 2.17. The monoisotopic (exact) mass is 205 g/mol. The molecule has 1 saturated heterocycles. The Hall–Kier alpha value is 0.440. The van der Waals surface area contributed by atoms with Gasteiger partial charge in [0.1, 0.15) is 0 Å². The molecule has 2 atom stereocenters. The first-order valence-electron chi connectivity index (χ1n) is 4.15. The molecule has 1 rings (SSSR count). The van der Waals surface area contributed by atoms with Gasteiger partial charge in [0.2, 0.25) is 0 Å². The minimum Gasteiger partial charge on any atom is -0.311 e. The number of hydrogen-bond donors (Lipinski definition) is 1. The summed E-state index contributed by atoms with van der Waals surface area (Å²) in [6.07, 6.45) is 5.42. The second kappa shape index (κ2) is 4.35. The van der Waals surface area contributed by atoms with Crippen LogP contribution in [0.5, 0.6) is 0 Å². The average Bonchev–Trinajstić information content (AvgIpc) is 1.88. The van der Waals surface area contributed by atoms with E-state index in [1.807, 2.05) is 0 Å². The Morgan fingerprint density at radius 3 is 2.90 bits per heavy atom. The predicted octanol–water partition coefficient (Wildman–Crippen LogP) is 2.30. The second-order valence-corrected chi connectivity index (χ2v) is 3.97. The lowest BCUT2D eigenvalue weighted by molar-refractivity contribution is 0.330. The summed E-state index contributed by atoms with van der Waals surface area (Å²) in [5.74, 6) is 0. The molecule has 10 heavy (non-hydrogen) atoms. The highest BCUT2D eigenvalue weighted by molar-refractivity contribution is 9.09. The van der Waals surface area contributed by atoms with Crippen LogP contribution in [-0.2, 0) is 0 Å². The molecule has 0 aromatic carbocycles. The van der Waals surface area contributed by atoms with Crippen molar-refractivity contribution >= 4 is 15.9 Å². The fourth-order valence-corrected chi connectivity index (χ4v) is 2.15. The Morgan fingerprint density at radius 2 is 2.30 bits per heavy atom. The summed E-state index contributed by atoms with van der Waals surface area (Å²) < 4.78 is 0. The molecule has 2 unspecified atom stereocenters. The van der Waals surface area contributed by atoms with Crippen LogP contribution in [0.2, 0.25) is 0 Å². The maximum absolute atomic E-state index is 3.59. The first-order valence-corrected chi connectivity index (χ1v) is 5.27. The number of halogens is 1. The molecule has 0 radical (unpaired) electrons. The van der Waals surface area contributed by atoms with Gasteiger partial charge in [-0.25, -0.2) is 0 Å². The predicted molar refractivity (Wildman–Crippen MR) is 48.6 cm³/mol. The molecule has 1 fully saturated rings. The van der Waals surface area contributed by atoms with Crippen molar-refractivity contribution in [1.29, 1.82) is 0 Å². The van der Waals surface area contributed by atoms with Crippen molar-refractivity contribution in [2.24, 2.45) is 0 Å². The Labute approximate surface area is 71.7 Å². The molecule has 0 amide bonds. The summed E-state index contributed by atoms with van der Waals surface area (Å²) in [4.78, 5) is 0. The van der Waals surface area contributed by atoms with Crippen molar-refractivity contribution in [3.63, 3.8) is 0 Å². The molecule has 0 saturated carbocycles. The molecule has 1 N–H and O–H groups in total. The lowest BCUT2D eigenvalue weighted by Crippen LogP contribution is -2.40. The van der Waals surface area contributed by atoms with Crippen molar-refractivity contribution in [2.75, 3.05) is 5.33 Å². The molecule has 0 bridgehead atoms. The van der Waals surface area contributed by atoms with E-state index in [0.717, 1.165) is 17.4 Å².